The molecule has 2 unspecified atom stereocenters. The zero-order valence-electron chi connectivity index (χ0n) is 13.2. The lowest BCUT2D eigenvalue weighted by atomic mass is 9.82. The molecule has 1 aliphatic carbocycles. The molecule has 0 aromatic rings. The largest absolute Gasteiger partial charge is 0.356 e. The van der Waals surface area contributed by atoms with Gasteiger partial charge in [0.15, 0.2) is 0 Å². The second-order valence-electron chi connectivity index (χ2n) is 6.24. The molecule has 1 heterocycles. The number of hydrogen-bond donors (Lipinski definition) is 2. The van der Waals surface area contributed by atoms with Crippen molar-refractivity contribution < 1.29 is 9.59 Å². The Balaban J connectivity index is 2.12. The van der Waals surface area contributed by atoms with E-state index in [4.69, 9.17) is 0 Å². The Labute approximate surface area is 127 Å². The third kappa shape index (κ3) is 4.35. The maximum atomic E-state index is 12.5. The van der Waals surface area contributed by atoms with Crippen LogP contribution in [0.25, 0.3) is 0 Å². The van der Waals surface area contributed by atoms with Gasteiger partial charge in [-0.05, 0) is 38.5 Å². The Bertz CT molecular complexity index is 359. The van der Waals surface area contributed by atoms with E-state index in [0.717, 1.165) is 64.5 Å². The summed E-state index contributed by atoms with van der Waals surface area (Å²) in [6.07, 6.45) is 8.12. The van der Waals surface area contributed by atoms with Crippen LogP contribution in [0.3, 0.4) is 0 Å². The van der Waals surface area contributed by atoms with Crippen molar-refractivity contribution in [1.82, 2.24) is 15.5 Å². The number of amides is 3. The maximum Gasteiger partial charge on any atom is 0.317 e. The minimum Gasteiger partial charge on any atom is -0.356 e. The number of carbonyl (C=O) groups is 2. The van der Waals surface area contributed by atoms with E-state index in [9.17, 15) is 9.59 Å². The molecule has 1 saturated heterocycles. The normalized spacial score (nSPS) is 27.5. The highest BCUT2D eigenvalue weighted by atomic mass is 16.2. The van der Waals surface area contributed by atoms with Crippen LogP contribution in [0.1, 0.15) is 58.3 Å². The fourth-order valence-corrected chi connectivity index (χ4v) is 3.47. The third-order valence-electron chi connectivity index (χ3n) is 4.63. The summed E-state index contributed by atoms with van der Waals surface area (Å²) in [5, 5.41) is 6.05. The van der Waals surface area contributed by atoms with E-state index in [1.165, 1.54) is 0 Å². The summed E-state index contributed by atoms with van der Waals surface area (Å²) in [6, 6.07) is 0.0934. The average molecular weight is 295 g/mol. The van der Waals surface area contributed by atoms with Gasteiger partial charge in [0.1, 0.15) is 0 Å². The molecule has 0 spiro atoms. The predicted octanol–water partition coefficient (Wildman–Crippen LogP) is 2.27. The van der Waals surface area contributed by atoms with Crippen LogP contribution < -0.4 is 10.6 Å². The van der Waals surface area contributed by atoms with Gasteiger partial charge in [-0.3, -0.25) is 4.79 Å². The molecular formula is C16H29N3O2. The standard InChI is InChI=1S/C16H29N3O2/c1-2-10-18-16(21)19-12-7-3-6-11-17-15(20)13-8-4-5-9-14(13)19/h13-14H,2-12H2,1H3,(H,17,20)(H,18,21). The van der Waals surface area contributed by atoms with Crippen LogP contribution in [0.4, 0.5) is 4.79 Å². The van der Waals surface area contributed by atoms with Crippen molar-refractivity contribution in [2.45, 2.75) is 64.3 Å². The molecule has 21 heavy (non-hydrogen) atoms. The summed E-state index contributed by atoms with van der Waals surface area (Å²) >= 11 is 0. The van der Waals surface area contributed by atoms with Crippen molar-refractivity contribution in [3.8, 4) is 0 Å². The first-order valence-electron chi connectivity index (χ1n) is 8.56. The first kappa shape index (κ1) is 16.1. The molecule has 0 radical (unpaired) electrons. The Kier molecular flexibility index (Phi) is 6.33. The van der Waals surface area contributed by atoms with E-state index in [1.807, 2.05) is 4.90 Å². The molecule has 1 aliphatic heterocycles. The number of urea groups is 1. The molecule has 3 amide bonds. The van der Waals surface area contributed by atoms with Gasteiger partial charge in [0.05, 0.1) is 5.92 Å². The fraction of sp³-hybridized carbons (Fsp3) is 0.875. The second-order valence-corrected chi connectivity index (χ2v) is 6.24. The Morgan fingerprint density at radius 1 is 1.24 bits per heavy atom. The van der Waals surface area contributed by atoms with Crippen LogP contribution in [0.5, 0.6) is 0 Å². The van der Waals surface area contributed by atoms with E-state index in [1.54, 1.807) is 0 Å². The molecule has 2 fully saturated rings. The lowest BCUT2D eigenvalue weighted by Gasteiger charge is -2.40. The van der Waals surface area contributed by atoms with Crippen LogP contribution in [-0.4, -0.2) is 42.5 Å². The van der Waals surface area contributed by atoms with Crippen molar-refractivity contribution in [2.24, 2.45) is 5.92 Å². The molecule has 2 N–H and O–H groups in total. The van der Waals surface area contributed by atoms with Gasteiger partial charge in [0.25, 0.3) is 0 Å². The van der Waals surface area contributed by atoms with E-state index in [0.29, 0.717) is 6.54 Å². The van der Waals surface area contributed by atoms with Crippen molar-refractivity contribution in [1.29, 1.82) is 0 Å². The lowest BCUT2D eigenvalue weighted by Crippen LogP contribution is -2.54. The Morgan fingerprint density at radius 3 is 2.86 bits per heavy atom. The highest BCUT2D eigenvalue weighted by Gasteiger charge is 2.36. The molecule has 5 heteroatoms. The van der Waals surface area contributed by atoms with Crippen LogP contribution >= 0.6 is 0 Å². The number of nitrogens with zero attached hydrogens (tertiary/aromatic N) is 1. The highest BCUT2D eigenvalue weighted by molar-refractivity contribution is 5.81. The van der Waals surface area contributed by atoms with Gasteiger partial charge in [0, 0.05) is 25.7 Å². The molecule has 120 valence electrons. The number of carbonyl (C=O) groups excluding carboxylic acids is 2. The van der Waals surface area contributed by atoms with Gasteiger partial charge in [-0.25, -0.2) is 4.79 Å². The summed E-state index contributed by atoms with van der Waals surface area (Å²) in [6.45, 7) is 4.33. The van der Waals surface area contributed by atoms with Gasteiger partial charge in [-0.15, -0.1) is 0 Å². The van der Waals surface area contributed by atoms with Crippen molar-refractivity contribution in [2.75, 3.05) is 19.6 Å². The predicted molar refractivity (Wildman–Crippen MR) is 83.0 cm³/mol. The Morgan fingerprint density at radius 2 is 2.05 bits per heavy atom. The van der Waals surface area contributed by atoms with Crippen LogP contribution in [-0.2, 0) is 4.79 Å². The van der Waals surface area contributed by atoms with Gasteiger partial charge in [0.2, 0.25) is 5.91 Å². The van der Waals surface area contributed by atoms with Gasteiger partial charge < -0.3 is 15.5 Å². The van der Waals surface area contributed by atoms with Gasteiger partial charge in [-0.2, -0.15) is 0 Å². The number of nitrogens with one attached hydrogen (secondary N) is 2. The van der Waals surface area contributed by atoms with Crippen molar-refractivity contribution in [3.63, 3.8) is 0 Å². The smallest absolute Gasteiger partial charge is 0.317 e. The van der Waals surface area contributed by atoms with E-state index in [2.05, 4.69) is 17.6 Å². The van der Waals surface area contributed by atoms with Crippen molar-refractivity contribution >= 4 is 11.9 Å². The summed E-state index contributed by atoms with van der Waals surface area (Å²) in [4.78, 5) is 26.8. The SMILES string of the molecule is CCCNC(=O)N1CCCCCNC(=O)C2CCCCC21. The third-order valence-corrected chi connectivity index (χ3v) is 4.63. The van der Waals surface area contributed by atoms with Crippen molar-refractivity contribution in [3.05, 3.63) is 0 Å². The van der Waals surface area contributed by atoms with Gasteiger partial charge in [-0.1, -0.05) is 19.8 Å². The summed E-state index contributed by atoms with van der Waals surface area (Å²) < 4.78 is 0. The van der Waals surface area contributed by atoms with Crippen LogP contribution in [0.15, 0.2) is 0 Å². The molecule has 0 aromatic carbocycles. The number of rotatable bonds is 2. The topological polar surface area (TPSA) is 61.4 Å². The molecule has 0 aromatic heterocycles. The molecule has 2 atom stereocenters. The lowest BCUT2D eigenvalue weighted by molar-refractivity contribution is -0.128. The molecule has 5 nitrogen and oxygen atoms in total. The molecule has 2 rings (SSSR count). The van der Waals surface area contributed by atoms with E-state index in [-0.39, 0.29) is 23.9 Å². The van der Waals surface area contributed by atoms with E-state index < -0.39 is 0 Å². The van der Waals surface area contributed by atoms with Gasteiger partial charge >= 0.3 is 6.03 Å². The number of hydrogen-bond acceptors (Lipinski definition) is 2. The van der Waals surface area contributed by atoms with E-state index >= 15 is 0 Å². The quantitative estimate of drug-likeness (QED) is 0.821. The average Bonchev–Trinajstić information content (AvgIpc) is 2.51. The fourth-order valence-electron chi connectivity index (χ4n) is 3.47. The minimum absolute atomic E-state index is 0.0159. The summed E-state index contributed by atoms with van der Waals surface area (Å²) in [5.41, 5.74) is 0. The first-order valence-corrected chi connectivity index (χ1v) is 8.56. The molecular weight excluding hydrogens is 266 g/mol. The highest BCUT2D eigenvalue weighted by Crippen LogP contribution is 2.29. The first-order chi connectivity index (χ1) is 10.2. The minimum atomic E-state index is -0.0239. The van der Waals surface area contributed by atoms with Crippen LogP contribution in [0.2, 0.25) is 0 Å². The zero-order valence-corrected chi connectivity index (χ0v) is 13.2. The monoisotopic (exact) mass is 295 g/mol. The number of fused-ring (bicyclic) bond motifs is 1. The maximum absolute atomic E-state index is 12.5. The van der Waals surface area contributed by atoms with Crippen LogP contribution in [0, 0.1) is 5.92 Å². The summed E-state index contributed by atoms with van der Waals surface area (Å²) in [5.74, 6) is 0.124. The molecule has 1 saturated carbocycles. The second kappa shape index (κ2) is 8.25. The Hall–Kier alpha value is -1.26. The summed E-state index contributed by atoms with van der Waals surface area (Å²) in [7, 11) is 0. The molecule has 0 bridgehead atoms. The zero-order chi connectivity index (χ0) is 15.1. The molecule has 2 aliphatic rings.